The molecule has 0 aliphatic rings. The lowest BCUT2D eigenvalue weighted by atomic mass is 10.1. The van der Waals surface area contributed by atoms with E-state index in [1.807, 2.05) is 13.0 Å². The molecule has 18 heavy (non-hydrogen) atoms. The molecule has 2 aromatic carbocycles. The van der Waals surface area contributed by atoms with Crippen LogP contribution in [0.15, 0.2) is 36.4 Å². The lowest BCUT2D eigenvalue weighted by Gasteiger charge is -1.96. The first-order chi connectivity index (χ1) is 8.65. The minimum Gasteiger partial charge on any atom is -0.236 e. The van der Waals surface area contributed by atoms with E-state index in [0.29, 0.717) is 5.56 Å². The molecule has 1 nitrogen and oxygen atoms in total. The molecule has 0 fully saturated rings. The van der Waals surface area contributed by atoms with Crippen LogP contribution in [-0.4, -0.2) is 4.98 Å². The number of nitrogens with zero attached hydrogens (tertiary/aromatic N) is 1. The van der Waals surface area contributed by atoms with E-state index < -0.39 is 0 Å². The highest BCUT2D eigenvalue weighted by molar-refractivity contribution is 7.21. The van der Waals surface area contributed by atoms with Gasteiger partial charge in [-0.3, -0.25) is 0 Å². The molecule has 0 atom stereocenters. The Balaban J connectivity index is 2.26. The Kier molecular flexibility index (Phi) is 2.63. The van der Waals surface area contributed by atoms with Crippen LogP contribution in [0.1, 0.15) is 11.1 Å². The first-order valence-corrected chi connectivity index (χ1v) is 6.59. The first kappa shape index (κ1) is 11.4. The van der Waals surface area contributed by atoms with E-state index in [2.05, 4.69) is 24.0 Å². The van der Waals surface area contributed by atoms with Crippen LogP contribution in [-0.2, 0) is 0 Å². The molecule has 0 saturated heterocycles. The Hall–Kier alpha value is -1.74. The molecule has 0 amide bonds. The largest absolute Gasteiger partial charge is 0.236 e. The van der Waals surface area contributed by atoms with Gasteiger partial charge in [0.05, 0.1) is 10.2 Å². The highest BCUT2D eigenvalue weighted by Crippen LogP contribution is 2.33. The van der Waals surface area contributed by atoms with E-state index in [1.165, 1.54) is 11.6 Å². The number of rotatable bonds is 1. The van der Waals surface area contributed by atoms with Gasteiger partial charge in [-0.1, -0.05) is 18.2 Å². The van der Waals surface area contributed by atoms with Gasteiger partial charge in [0.15, 0.2) is 0 Å². The first-order valence-electron chi connectivity index (χ1n) is 5.78. The number of hydrogen-bond acceptors (Lipinski definition) is 2. The molecule has 1 aromatic heterocycles. The van der Waals surface area contributed by atoms with E-state index in [9.17, 15) is 4.39 Å². The lowest BCUT2D eigenvalue weighted by Crippen LogP contribution is -1.82. The zero-order valence-electron chi connectivity index (χ0n) is 10.2. The molecule has 3 aromatic rings. The second-order valence-electron chi connectivity index (χ2n) is 4.43. The standard InChI is InChI=1S/C15H12FNS/c1-9-7-10(2)14-13(8-9)18-15(17-14)11-5-3-4-6-12(11)16/h3-8H,1-2H3. The van der Waals surface area contributed by atoms with Crippen molar-refractivity contribution < 1.29 is 4.39 Å². The Morgan fingerprint density at radius 1 is 1.11 bits per heavy atom. The summed E-state index contributed by atoms with van der Waals surface area (Å²) in [5.74, 6) is -0.217. The van der Waals surface area contributed by atoms with E-state index in [1.54, 1.807) is 23.5 Å². The van der Waals surface area contributed by atoms with Gasteiger partial charge in [-0.05, 0) is 43.2 Å². The van der Waals surface area contributed by atoms with Crippen LogP contribution in [0.4, 0.5) is 4.39 Å². The number of thiazole rings is 1. The van der Waals surface area contributed by atoms with Crippen LogP contribution in [0, 0.1) is 19.7 Å². The number of fused-ring (bicyclic) bond motifs is 1. The average Bonchev–Trinajstić information content (AvgIpc) is 2.73. The summed E-state index contributed by atoms with van der Waals surface area (Å²) in [5.41, 5.74) is 3.91. The third kappa shape index (κ3) is 1.81. The van der Waals surface area contributed by atoms with E-state index >= 15 is 0 Å². The summed E-state index contributed by atoms with van der Waals surface area (Å²) in [4.78, 5) is 4.56. The maximum absolute atomic E-state index is 13.8. The summed E-state index contributed by atoms with van der Waals surface area (Å²) in [6, 6.07) is 11.0. The van der Waals surface area contributed by atoms with Gasteiger partial charge in [0.25, 0.3) is 0 Å². The monoisotopic (exact) mass is 257 g/mol. The van der Waals surface area contributed by atoms with Gasteiger partial charge in [0.2, 0.25) is 0 Å². The summed E-state index contributed by atoms with van der Waals surface area (Å²) < 4.78 is 14.9. The fraction of sp³-hybridized carbons (Fsp3) is 0.133. The van der Waals surface area contributed by atoms with Gasteiger partial charge in [0.1, 0.15) is 10.8 Å². The molecule has 0 N–H and O–H groups in total. The Bertz CT molecular complexity index is 730. The average molecular weight is 257 g/mol. The Morgan fingerprint density at radius 3 is 2.67 bits per heavy atom. The van der Waals surface area contributed by atoms with Crippen molar-refractivity contribution in [2.45, 2.75) is 13.8 Å². The highest BCUT2D eigenvalue weighted by atomic mass is 32.1. The van der Waals surface area contributed by atoms with Crippen molar-refractivity contribution in [2.75, 3.05) is 0 Å². The molecule has 0 saturated carbocycles. The topological polar surface area (TPSA) is 12.9 Å². The minimum atomic E-state index is -0.217. The molecule has 3 rings (SSSR count). The number of halogens is 1. The molecule has 0 bridgehead atoms. The quantitative estimate of drug-likeness (QED) is 0.614. The van der Waals surface area contributed by atoms with Crippen molar-refractivity contribution in [3.05, 3.63) is 53.3 Å². The van der Waals surface area contributed by atoms with Crippen molar-refractivity contribution >= 4 is 21.6 Å². The molecule has 0 radical (unpaired) electrons. The summed E-state index contributed by atoms with van der Waals surface area (Å²) in [7, 11) is 0. The lowest BCUT2D eigenvalue weighted by molar-refractivity contribution is 0.631. The molecule has 0 aliphatic carbocycles. The summed E-state index contributed by atoms with van der Waals surface area (Å²) in [6.07, 6.45) is 0. The molecular weight excluding hydrogens is 245 g/mol. The number of aromatic nitrogens is 1. The third-order valence-corrected chi connectivity index (χ3v) is 3.97. The number of hydrogen-bond donors (Lipinski definition) is 0. The van der Waals surface area contributed by atoms with Gasteiger partial charge < -0.3 is 0 Å². The Morgan fingerprint density at radius 2 is 1.89 bits per heavy atom. The second kappa shape index (κ2) is 4.18. The van der Waals surface area contributed by atoms with Crippen LogP contribution in [0.25, 0.3) is 20.8 Å². The van der Waals surface area contributed by atoms with Crippen LogP contribution in [0.5, 0.6) is 0 Å². The van der Waals surface area contributed by atoms with Crippen molar-refractivity contribution in [2.24, 2.45) is 0 Å². The smallest absolute Gasteiger partial charge is 0.133 e. The number of aryl methyl sites for hydroxylation is 2. The fourth-order valence-electron chi connectivity index (χ4n) is 2.12. The predicted molar refractivity (Wildman–Crippen MR) is 74.5 cm³/mol. The van der Waals surface area contributed by atoms with Crippen LogP contribution in [0.3, 0.4) is 0 Å². The highest BCUT2D eigenvalue weighted by Gasteiger charge is 2.11. The fourth-order valence-corrected chi connectivity index (χ4v) is 3.29. The van der Waals surface area contributed by atoms with E-state index in [4.69, 9.17) is 0 Å². The molecular formula is C15H12FNS. The molecule has 90 valence electrons. The van der Waals surface area contributed by atoms with Gasteiger partial charge >= 0.3 is 0 Å². The van der Waals surface area contributed by atoms with Crippen LogP contribution >= 0.6 is 11.3 Å². The maximum Gasteiger partial charge on any atom is 0.133 e. The molecule has 0 spiro atoms. The van der Waals surface area contributed by atoms with Gasteiger partial charge in [-0.2, -0.15) is 0 Å². The zero-order chi connectivity index (χ0) is 12.7. The maximum atomic E-state index is 13.8. The summed E-state index contributed by atoms with van der Waals surface area (Å²) in [5, 5.41) is 0.747. The second-order valence-corrected chi connectivity index (χ2v) is 5.46. The zero-order valence-corrected chi connectivity index (χ0v) is 11.0. The predicted octanol–water partition coefficient (Wildman–Crippen LogP) is 4.72. The summed E-state index contributed by atoms with van der Waals surface area (Å²) in [6.45, 7) is 4.11. The van der Waals surface area contributed by atoms with Crippen molar-refractivity contribution in [1.82, 2.24) is 4.98 Å². The Labute approximate surface area is 109 Å². The van der Waals surface area contributed by atoms with Crippen LogP contribution in [0.2, 0.25) is 0 Å². The van der Waals surface area contributed by atoms with Crippen molar-refractivity contribution in [3.63, 3.8) is 0 Å². The normalized spacial score (nSPS) is 11.1. The number of benzene rings is 2. The van der Waals surface area contributed by atoms with E-state index in [0.717, 1.165) is 20.8 Å². The third-order valence-electron chi connectivity index (χ3n) is 2.93. The molecule has 0 aliphatic heterocycles. The van der Waals surface area contributed by atoms with Gasteiger partial charge in [0, 0.05) is 5.56 Å². The van der Waals surface area contributed by atoms with Crippen molar-refractivity contribution in [3.8, 4) is 10.6 Å². The minimum absolute atomic E-state index is 0.217. The van der Waals surface area contributed by atoms with Crippen molar-refractivity contribution in [1.29, 1.82) is 0 Å². The molecule has 3 heteroatoms. The molecule has 0 unspecified atom stereocenters. The molecule has 1 heterocycles. The van der Waals surface area contributed by atoms with Gasteiger partial charge in [-0.25, -0.2) is 9.37 Å². The van der Waals surface area contributed by atoms with Gasteiger partial charge in [-0.15, -0.1) is 11.3 Å². The SMILES string of the molecule is Cc1cc(C)c2nc(-c3ccccc3F)sc2c1. The summed E-state index contributed by atoms with van der Waals surface area (Å²) >= 11 is 1.54. The van der Waals surface area contributed by atoms with Crippen LogP contribution < -0.4 is 0 Å². The van der Waals surface area contributed by atoms with E-state index in [-0.39, 0.29) is 5.82 Å².